The van der Waals surface area contributed by atoms with Crippen LogP contribution in [0.5, 0.6) is 0 Å². The van der Waals surface area contributed by atoms with Crippen LogP contribution in [0.1, 0.15) is 33.6 Å². The lowest BCUT2D eigenvalue weighted by Crippen LogP contribution is -2.47. The van der Waals surface area contributed by atoms with Gasteiger partial charge < -0.3 is 10.4 Å². The summed E-state index contributed by atoms with van der Waals surface area (Å²) in [7, 11) is 0. The van der Waals surface area contributed by atoms with Crippen molar-refractivity contribution < 1.29 is 27.9 Å². The number of nitrogens with zero attached hydrogens (tertiary/aromatic N) is 1. The van der Waals surface area contributed by atoms with Gasteiger partial charge in [0, 0.05) is 19.1 Å². The molecule has 1 aliphatic rings. The normalized spacial score (nSPS) is 24.5. The van der Waals surface area contributed by atoms with Crippen LogP contribution in [0.4, 0.5) is 13.2 Å². The third kappa shape index (κ3) is 4.34. The number of amides is 1. The Balaban J connectivity index is 2.77. The molecule has 0 spiro atoms. The van der Waals surface area contributed by atoms with Gasteiger partial charge in [-0.1, -0.05) is 13.8 Å². The number of aliphatic carboxylic acids is 1. The Hall–Kier alpha value is -1.31. The van der Waals surface area contributed by atoms with E-state index in [2.05, 4.69) is 5.32 Å². The standard InChI is InChI=1S/C14H23F3N2O3/c1-4-9(5-2)18-12(20)8(3)19-6-10(13(21)22)11(7-19)14(15,16)17/h8-11H,4-7H2,1-3H3,(H,18,20)(H,21,22)/t8?,10-,11-/m1/s1. The van der Waals surface area contributed by atoms with Crippen LogP contribution in [-0.4, -0.2) is 53.2 Å². The molecular formula is C14H23F3N2O3. The molecule has 1 unspecified atom stereocenters. The minimum atomic E-state index is -4.58. The van der Waals surface area contributed by atoms with E-state index < -0.39 is 36.6 Å². The Kier molecular flexibility index (Phi) is 6.22. The van der Waals surface area contributed by atoms with E-state index in [1.165, 1.54) is 11.8 Å². The molecule has 0 radical (unpaired) electrons. The van der Waals surface area contributed by atoms with Gasteiger partial charge in [-0.3, -0.25) is 14.5 Å². The Bertz CT molecular complexity index is 411. The summed E-state index contributed by atoms with van der Waals surface area (Å²) in [6.45, 7) is 4.61. The summed E-state index contributed by atoms with van der Waals surface area (Å²) >= 11 is 0. The second kappa shape index (κ2) is 7.30. The zero-order valence-electron chi connectivity index (χ0n) is 13.0. The molecule has 2 N–H and O–H groups in total. The van der Waals surface area contributed by atoms with Gasteiger partial charge in [0.25, 0.3) is 0 Å². The third-order valence-corrected chi connectivity index (χ3v) is 4.34. The highest BCUT2D eigenvalue weighted by molar-refractivity contribution is 5.82. The highest BCUT2D eigenvalue weighted by Gasteiger charge is 2.53. The maximum atomic E-state index is 12.9. The number of halogens is 3. The molecule has 1 amide bonds. The van der Waals surface area contributed by atoms with Crippen molar-refractivity contribution in [3.8, 4) is 0 Å². The largest absolute Gasteiger partial charge is 0.481 e. The fraction of sp³-hybridized carbons (Fsp3) is 0.857. The van der Waals surface area contributed by atoms with E-state index in [-0.39, 0.29) is 18.5 Å². The number of carbonyl (C=O) groups is 2. The molecule has 1 fully saturated rings. The van der Waals surface area contributed by atoms with Crippen molar-refractivity contribution in [2.24, 2.45) is 11.8 Å². The van der Waals surface area contributed by atoms with Crippen LogP contribution < -0.4 is 5.32 Å². The van der Waals surface area contributed by atoms with Gasteiger partial charge in [-0.05, 0) is 19.8 Å². The van der Waals surface area contributed by atoms with E-state index in [0.29, 0.717) is 0 Å². The van der Waals surface area contributed by atoms with E-state index in [4.69, 9.17) is 5.11 Å². The Morgan fingerprint density at radius 2 is 1.82 bits per heavy atom. The number of hydrogen-bond acceptors (Lipinski definition) is 3. The SMILES string of the molecule is CCC(CC)NC(=O)C(C)N1C[C@@H](C(F)(F)F)[C@H](C(=O)O)C1. The first-order chi connectivity index (χ1) is 10.1. The van der Waals surface area contributed by atoms with Gasteiger partial charge in [-0.25, -0.2) is 0 Å². The molecule has 0 aromatic rings. The topological polar surface area (TPSA) is 69.6 Å². The molecule has 8 heteroatoms. The van der Waals surface area contributed by atoms with E-state index in [9.17, 15) is 22.8 Å². The van der Waals surface area contributed by atoms with Crippen LogP contribution in [-0.2, 0) is 9.59 Å². The molecule has 22 heavy (non-hydrogen) atoms. The number of hydrogen-bond donors (Lipinski definition) is 2. The summed E-state index contributed by atoms with van der Waals surface area (Å²) in [6.07, 6.45) is -3.11. The quantitative estimate of drug-likeness (QED) is 0.783. The van der Waals surface area contributed by atoms with Gasteiger partial charge in [0.05, 0.1) is 17.9 Å². The van der Waals surface area contributed by atoms with E-state index in [1.807, 2.05) is 13.8 Å². The van der Waals surface area contributed by atoms with E-state index >= 15 is 0 Å². The van der Waals surface area contributed by atoms with Crippen molar-refractivity contribution in [2.45, 2.75) is 51.9 Å². The van der Waals surface area contributed by atoms with Crippen molar-refractivity contribution in [1.29, 1.82) is 0 Å². The van der Waals surface area contributed by atoms with Gasteiger partial charge in [0.2, 0.25) is 5.91 Å². The summed E-state index contributed by atoms with van der Waals surface area (Å²) in [5, 5.41) is 11.8. The molecule has 1 aliphatic heterocycles. The minimum absolute atomic E-state index is 0.0220. The monoisotopic (exact) mass is 324 g/mol. The first-order valence-electron chi connectivity index (χ1n) is 7.45. The smallest absolute Gasteiger partial charge is 0.393 e. The average molecular weight is 324 g/mol. The molecule has 0 saturated carbocycles. The van der Waals surface area contributed by atoms with Crippen LogP contribution in [0, 0.1) is 11.8 Å². The lowest BCUT2D eigenvalue weighted by atomic mass is 9.96. The van der Waals surface area contributed by atoms with Crippen molar-refractivity contribution in [3.63, 3.8) is 0 Å². The second-order valence-corrected chi connectivity index (χ2v) is 5.74. The molecule has 0 bridgehead atoms. The van der Waals surface area contributed by atoms with Crippen LogP contribution in [0.3, 0.4) is 0 Å². The molecule has 0 aromatic carbocycles. The van der Waals surface area contributed by atoms with Crippen molar-refractivity contribution in [3.05, 3.63) is 0 Å². The molecule has 128 valence electrons. The van der Waals surface area contributed by atoms with Gasteiger partial charge >= 0.3 is 12.1 Å². The molecule has 1 heterocycles. The van der Waals surface area contributed by atoms with Crippen molar-refractivity contribution in [1.82, 2.24) is 10.2 Å². The first-order valence-corrected chi connectivity index (χ1v) is 7.45. The lowest BCUT2D eigenvalue weighted by Gasteiger charge is -2.26. The van der Waals surface area contributed by atoms with E-state index in [1.54, 1.807) is 0 Å². The van der Waals surface area contributed by atoms with Gasteiger partial charge in [0.1, 0.15) is 0 Å². The second-order valence-electron chi connectivity index (χ2n) is 5.74. The molecular weight excluding hydrogens is 301 g/mol. The number of rotatable bonds is 6. The van der Waals surface area contributed by atoms with Gasteiger partial charge in [-0.15, -0.1) is 0 Å². The van der Waals surface area contributed by atoms with E-state index in [0.717, 1.165) is 12.8 Å². The number of alkyl halides is 3. The summed E-state index contributed by atoms with van der Waals surface area (Å²) in [4.78, 5) is 24.4. The van der Waals surface area contributed by atoms with Gasteiger partial charge in [-0.2, -0.15) is 13.2 Å². The average Bonchev–Trinajstić information content (AvgIpc) is 2.88. The van der Waals surface area contributed by atoms with Gasteiger partial charge in [0.15, 0.2) is 0 Å². The molecule has 1 rings (SSSR count). The number of carboxylic acid groups (broad SMARTS) is 1. The Morgan fingerprint density at radius 1 is 1.27 bits per heavy atom. The van der Waals surface area contributed by atoms with Crippen LogP contribution in [0.25, 0.3) is 0 Å². The fourth-order valence-corrected chi connectivity index (χ4v) is 2.71. The third-order valence-electron chi connectivity index (χ3n) is 4.34. The Labute approximate surface area is 127 Å². The highest BCUT2D eigenvalue weighted by Crippen LogP contribution is 2.38. The lowest BCUT2D eigenvalue weighted by molar-refractivity contribution is -0.188. The predicted octanol–water partition coefficient (Wildman–Crippen LogP) is 1.87. The summed E-state index contributed by atoms with van der Waals surface area (Å²) < 4.78 is 38.8. The first kappa shape index (κ1) is 18.7. The van der Waals surface area contributed by atoms with Crippen molar-refractivity contribution in [2.75, 3.05) is 13.1 Å². The Morgan fingerprint density at radius 3 is 2.18 bits per heavy atom. The maximum Gasteiger partial charge on any atom is 0.393 e. The van der Waals surface area contributed by atoms with Crippen LogP contribution in [0.15, 0.2) is 0 Å². The number of carboxylic acids is 1. The number of likely N-dealkylation sites (tertiary alicyclic amines) is 1. The van der Waals surface area contributed by atoms with Crippen LogP contribution >= 0.6 is 0 Å². The molecule has 3 atom stereocenters. The summed E-state index contributed by atoms with van der Waals surface area (Å²) in [5.74, 6) is -5.30. The number of carbonyl (C=O) groups excluding carboxylic acids is 1. The molecule has 1 saturated heterocycles. The molecule has 5 nitrogen and oxygen atoms in total. The predicted molar refractivity (Wildman–Crippen MR) is 74.2 cm³/mol. The zero-order valence-corrected chi connectivity index (χ0v) is 13.0. The highest BCUT2D eigenvalue weighted by atomic mass is 19.4. The summed E-state index contributed by atoms with van der Waals surface area (Å²) in [5.41, 5.74) is 0. The molecule has 0 aliphatic carbocycles. The van der Waals surface area contributed by atoms with Crippen LogP contribution in [0.2, 0.25) is 0 Å². The molecule has 0 aromatic heterocycles. The fourth-order valence-electron chi connectivity index (χ4n) is 2.71. The maximum absolute atomic E-state index is 12.9. The minimum Gasteiger partial charge on any atom is -0.481 e. The summed E-state index contributed by atoms with van der Waals surface area (Å²) in [6, 6.07) is -0.805. The number of nitrogens with one attached hydrogen (secondary N) is 1. The van der Waals surface area contributed by atoms with Crippen molar-refractivity contribution >= 4 is 11.9 Å². The zero-order chi connectivity index (χ0) is 17.1.